The standard InChI is InChI=1S/C13H14BrN3O/c1-2-15-7-11-8-16-9-13(17-11)18-12-5-3-4-10(14)6-12/h3-6,8-9,15H,2,7H2,1H3. The van der Waals surface area contributed by atoms with E-state index in [1.54, 1.807) is 12.4 Å². The van der Waals surface area contributed by atoms with Crippen molar-refractivity contribution in [3.8, 4) is 11.6 Å². The van der Waals surface area contributed by atoms with Gasteiger partial charge in [-0.2, -0.15) is 0 Å². The van der Waals surface area contributed by atoms with Gasteiger partial charge in [-0.1, -0.05) is 28.9 Å². The summed E-state index contributed by atoms with van der Waals surface area (Å²) in [7, 11) is 0. The summed E-state index contributed by atoms with van der Waals surface area (Å²) in [5.74, 6) is 1.24. The Balaban J connectivity index is 2.09. The van der Waals surface area contributed by atoms with Crippen LogP contribution in [0.15, 0.2) is 41.1 Å². The molecule has 0 unspecified atom stereocenters. The molecule has 0 spiro atoms. The van der Waals surface area contributed by atoms with Gasteiger partial charge < -0.3 is 10.1 Å². The summed E-state index contributed by atoms with van der Waals surface area (Å²) < 4.78 is 6.62. The zero-order chi connectivity index (χ0) is 12.8. The lowest BCUT2D eigenvalue weighted by atomic mass is 10.3. The summed E-state index contributed by atoms with van der Waals surface area (Å²) in [6, 6.07) is 7.62. The summed E-state index contributed by atoms with van der Waals surface area (Å²) in [6.45, 7) is 3.65. The Morgan fingerprint density at radius 2 is 2.22 bits per heavy atom. The lowest BCUT2D eigenvalue weighted by molar-refractivity contribution is 0.456. The van der Waals surface area contributed by atoms with E-state index in [9.17, 15) is 0 Å². The van der Waals surface area contributed by atoms with Gasteiger partial charge in [-0.15, -0.1) is 0 Å². The highest BCUT2D eigenvalue weighted by Crippen LogP contribution is 2.22. The monoisotopic (exact) mass is 307 g/mol. The molecule has 94 valence electrons. The summed E-state index contributed by atoms with van der Waals surface area (Å²) in [5.41, 5.74) is 0.865. The number of hydrogen-bond donors (Lipinski definition) is 1. The zero-order valence-corrected chi connectivity index (χ0v) is 11.6. The average molecular weight is 308 g/mol. The van der Waals surface area contributed by atoms with Crippen molar-refractivity contribution in [3.05, 3.63) is 46.8 Å². The Morgan fingerprint density at radius 1 is 1.33 bits per heavy atom. The molecule has 0 aliphatic heterocycles. The molecule has 0 saturated heterocycles. The van der Waals surface area contributed by atoms with Gasteiger partial charge in [-0.3, -0.25) is 4.98 Å². The van der Waals surface area contributed by atoms with Gasteiger partial charge in [-0.25, -0.2) is 4.98 Å². The van der Waals surface area contributed by atoms with Crippen LogP contribution < -0.4 is 10.1 Å². The van der Waals surface area contributed by atoms with Crippen molar-refractivity contribution in [2.75, 3.05) is 6.54 Å². The van der Waals surface area contributed by atoms with Crippen LogP contribution in [-0.4, -0.2) is 16.5 Å². The predicted octanol–water partition coefficient (Wildman–Crippen LogP) is 3.14. The Bertz CT molecular complexity index is 519. The fourth-order valence-corrected chi connectivity index (χ4v) is 1.80. The molecule has 1 heterocycles. The topological polar surface area (TPSA) is 47.0 Å². The highest BCUT2D eigenvalue weighted by atomic mass is 79.9. The molecule has 1 aromatic heterocycles. The fraction of sp³-hybridized carbons (Fsp3) is 0.231. The van der Waals surface area contributed by atoms with Crippen LogP contribution in [0.25, 0.3) is 0 Å². The van der Waals surface area contributed by atoms with Crippen molar-refractivity contribution in [2.45, 2.75) is 13.5 Å². The first-order chi connectivity index (χ1) is 8.78. The first-order valence-corrected chi connectivity index (χ1v) is 6.52. The van der Waals surface area contributed by atoms with Gasteiger partial charge in [0.15, 0.2) is 0 Å². The Hall–Kier alpha value is -1.46. The van der Waals surface area contributed by atoms with Crippen LogP contribution in [0.1, 0.15) is 12.6 Å². The maximum absolute atomic E-state index is 5.65. The lowest BCUT2D eigenvalue weighted by Gasteiger charge is -2.06. The molecule has 0 bridgehead atoms. The van der Waals surface area contributed by atoms with Crippen LogP contribution in [0, 0.1) is 0 Å². The minimum atomic E-state index is 0.503. The SMILES string of the molecule is CCNCc1cncc(Oc2cccc(Br)c2)n1. The maximum Gasteiger partial charge on any atom is 0.238 e. The van der Waals surface area contributed by atoms with E-state index in [0.29, 0.717) is 12.4 Å². The van der Waals surface area contributed by atoms with Gasteiger partial charge in [0.05, 0.1) is 11.9 Å². The van der Waals surface area contributed by atoms with E-state index in [4.69, 9.17) is 4.74 Å². The summed E-state index contributed by atoms with van der Waals surface area (Å²) in [4.78, 5) is 8.49. The van der Waals surface area contributed by atoms with Crippen molar-refractivity contribution in [2.24, 2.45) is 0 Å². The molecular weight excluding hydrogens is 294 g/mol. The van der Waals surface area contributed by atoms with Crippen molar-refractivity contribution in [3.63, 3.8) is 0 Å². The van der Waals surface area contributed by atoms with Crippen LogP contribution in [0.5, 0.6) is 11.6 Å². The minimum absolute atomic E-state index is 0.503. The molecule has 1 aromatic carbocycles. The van der Waals surface area contributed by atoms with Crippen LogP contribution in [0.2, 0.25) is 0 Å². The van der Waals surface area contributed by atoms with Gasteiger partial charge in [-0.05, 0) is 24.7 Å². The minimum Gasteiger partial charge on any atom is -0.437 e. The fourth-order valence-electron chi connectivity index (χ4n) is 1.42. The molecule has 2 aromatic rings. The van der Waals surface area contributed by atoms with Crippen molar-refractivity contribution in [1.29, 1.82) is 0 Å². The summed E-state index contributed by atoms with van der Waals surface area (Å²) in [6.07, 6.45) is 3.34. The third-order valence-electron chi connectivity index (χ3n) is 2.24. The largest absolute Gasteiger partial charge is 0.437 e. The molecule has 0 radical (unpaired) electrons. The highest BCUT2D eigenvalue weighted by molar-refractivity contribution is 9.10. The third-order valence-corrected chi connectivity index (χ3v) is 2.73. The quantitative estimate of drug-likeness (QED) is 0.922. The van der Waals surface area contributed by atoms with Crippen molar-refractivity contribution >= 4 is 15.9 Å². The van der Waals surface area contributed by atoms with E-state index in [-0.39, 0.29) is 0 Å². The molecular formula is C13H14BrN3O. The van der Waals surface area contributed by atoms with Crippen LogP contribution in [0.4, 0.5) is 0 Å². The van der Waals surface area contributed by atoms with E-state index in [0.717, 1.165) is 22.5 Å². The maximum atomic E-state index is 5.65. The van der Waals surface area contributed by atoms with Crippen LogP contribution in [-0.2, 0) is 6.54 Å². The molecule has 2 rings (SSSR count). The van der Waals surface area contributed by atoms with Crippen LogP contribution >= 0.6 is 15.9 Å². The van der Waals surface area contributed by atoms with Gasteiger partial charge in [0.1, 0.15) is 5.75 Å². The number of halogens is 1. The first kappa shape index (κ1) is 13.0. The number of aromatic nitrogens is 2. The average Bonchev–Trinajstić information content (AvgIpc) is 2.37. The smallest absolute Gasteiger partial charge is 0.238 e. The second-order valence-electron chi connectivity index (χ2n) is 3.69. The number of rotatable bonds is 5. The van der Waals surface area contributed by atoms with Gasteiger partial charge >= 0.3 is 0 Å². The third kappa shape index (κ3) is 3.78. The molecule has 0 aliphatic carbocycles. The van der Waals surface area contributed by atoms with Gasteiger partial charge in [0.25, 0.3) is 0 Å². The number of nitrogens with zero attached hydrogens (tertiary/aromatic N) is 2. The lowest BCUT2D eigenvalue weighted by Crippen LogP contribution is -2.13. The highest BCUT2D eigenvalue weighted by Gasteiger charge is 2.01. The van der Waals surface area contributed by atoms with E-state index in [1.807, 2.05) is 24.3 Å². The Morgan fingerprint density at radius 3 is 3.00 bits per heavy atom. The van der Waals surface area contributed by atoms with Crippen molar-refractivity contribution in [1.82, 2.24) is 15.3 Å². The van der Waals surface area contributed by atoms with Crippen molar-refractivity contribution < 1.29 is 4.74 Å². The summed E-state index contributed by atoms with van der Waals surface area (Å²) >= 11 is 3.40. The zero-order valence-electron chi connectivity index (χ0n) is 10.1. The predicted molar refractivity (Wildman–Crippen MR) is 73.6 cm³/mol. The number of hydrogen-bond acceptors (Lipinski definition) is 4. The molecule has 4 nitrogen and oxygen atoms in total. The van der Waals surface area contributed by atoms with E-state index >= 15 is 0 Å². The number of ether oxygens (including phenoxy) is 1. The van der Waals surface area contributed by atoms with Gasteiger partial charge in [0.2, 0.25) is 5.88 Å². The van der Waals surface area contributed by atoms with E-state index < -0.39 is 0 Å². The molecule has 0 fully saturated rings. The number of nitrogens with one attached hydrogen (secondary N) is 1. The second kappa shape index (κ2) is 6.47. The van der Waals surface area contributed by atoms with E-state index in [1.165, 1.54) is 0 Å². The molecule has 0 aliphatic rings. The molecule has 0 atom stereocenters. The Labute approximate surface area is 115 Å². The normalized spacial score (nSPS) is 10.3. The first-order valence-electron chi connectivity index (χ1n) is 5.73. The molecule has 5 heteroatoms. The molecule has 0 saturated carbocycles. The molecule has 0 amide bonds. The number of benzene rings is 1. The van der Waals surface area contributed by atoms with Crippen LogP contribution in [0.3, 0.4) is 0 Å². The van der Waals surface area contributed by atoms with Gasteiger partial charge in [0, 0.05) is 17.2 Å². The second-order valence-corrected chi connectivity index (χ2v) is 4.60. The molecule has 1 N–H and O–H groups in total. The molecule has 18 heavy (non-hydrogen) atoms. The Kier molecular flexibility index (Phi) is 4.66. The van der Waals surface area contributed by atoms with E-state index in [2.05, 4.69) is 38.1 Å². The summed E-state index contributed by atoms with van der Waals surface area (Å²) in [5, 5.41) is 3.20.